The van der Waals surface area contributed by atoms with E-state index in [2.05, 4.69) is 19.2 Å². The molecule has 5 heteroatoms. The van der Waals surface area contributed by atoms with Crippen LogP contribution >= 0.6 is 11.3 Å². The van der Waals surface area contributed by atoms with Crippen molar-refractivity contribution in [3.63, 3.8) is 0 Å². The minimum absolute atomic E-state index is 0.0351. The van der Waals surface area contributed by atoms with E-state index in [1.54, 1.807) is 18.4 Å². The van der Waals surface area contributed by atoms with Crippen molar-refractivity contribution >= 4 is 23.2 Å². The topological polar surface area (TPSA) is 49.4 Å². The molecule has 0 saturated carbocycles. The molecular formula is C14H22N2O2S. The number of thiophene rings is 1. The quantitative estimate of drug-likeness (QED) is 0.871. The van der Waals surface area contributed by atoms with Crippen molar-refractivity contribution in [1.82, 2.24) is 10.2 Å². The number of amides is 2. The molecule has 1 aromatic rings. The second-order valence-electron chi connectivity index (χ2n) is 5.14. The van der Waals surface area contributed by atoms with Crippen LogP contribution in [0.25, 0.3) is 0 Å². The number of carbonyl (C=O) groups excluding carboxylic acids is 2. The Bertz CT molecular complexity index is 415. The summed E-state index contributed by atoms with van der Waals surface area (Å²) in [6, 6.07) is 4.06. The lowest BCUT2D eigenvalue weighted by Gasteiger charge is -2.21. The fraction of sp³-hybridized carbons (Fsp3) is 0.571. The van der Waals surface area contributed by atoms with Crippen LogP contribution in [0.2, 0.25) is 0 Å². The molecule has 0 bridgehead atoms. The Morgan fingerprint density at radius 1 is 1.42 bits per heavy atom. The molecule has 1 N–H and O–H groups in total. The molecule has 0 aromatic carbocycles. The molecule has 0 radical (unpaired) electrons. The predicted molar refractivity (Wildman–Crippen MR) is 78.0 cm³/mol. The third kappa shape index (κ3) is 5.42. The van der Waals surface area contributed by atoms with Gasteiger partial charge in [0.15, 0.2) is 0 Å². The Hall–Kier alpha value is -1.36. The summed E-state index contributed by atoms with van der Waals surface area (Å²) >= 11 is 1.64. The third-order valence-corrected chi connectivity index (χ3v) is 3.83. The first-order valence-corrected chi connectivity index (χ1v) is 7.32. The first-order chi connectivity index (χ1) is 8.90. The average molecular weight is 282 g/mol. The summed E-state index contributed by atoms with van der Waals surface area (Å²) in [5, 5.41) is 5.02. The highest BCUT2D eigenvalue weighted by molar-refractivity contribution is 7.10. The van der Waals surface area contributed by atoms with Gasteiger partial charge in [0.2, 0.25) is 11.8 Å². The lowest BCUT2D eigenvalue weighted by atomic mass is 10.0. The van der Waals surface area contributed by atoms with Crippen LogP contribution in [-0.2, 0) is 9.59 Å². The fourth-order valence-electron chi connectivity index (χ4n) is 1.77. The van der Waals surface area contributed by atoms with E-state index in [0.717, 1.165) is 11.3 Å². The normalized spacial score (nSPS) is 12.3. The van der Waals surface area contributed by atoms with E-state index in [-0.39, 0.29) is 24.4 Å². The Morgan fingerprint density at radius 3 is 2.58 bits per heavy atom. The van der Waals surface area contributed by atoms with Crippen LogP contribution in [0.3, 0.4) is 0 Å². The molecule has 1 atom stereocenters. The maximum atomic E-state index is 11.9. The van der Waals surface area contributed by atoms with Gasteiger partial charge in [-0.05, 0) is 23.8 Å². The summed E-state index contributed by atoms with van der Waals surface area (Å²) in [6.07, 6.45) is 0.899. The summed E-state index contributed by atoms with van der Waals surface area (Å²) < 4.78 is 0. The molecule has 106 valence electrons. The molecule has 1 heterocycles. The molecule has 1 aromatic heterocycles. The number of likely N-dealkylation sites (N-methyl/N-ethyl adjacent to an activating group) is 1. The van der Waals surface area contributed by atoms with Crippen molar-refractivity contribution in [2.24, 2.45) is 5.92 Å². The highest BCUT2D eigenvalue weighted by Crippen LogP contribution is 2.25. The molecule has 0 spiro atoms. The van der Waals surface area contributed by atoms with Crippen LogP contribution in [-0.4, -0.2) is 30.3 Å². The Morgan fingerprint density at radius 2 is 2.11 bits per heavy atom. The first kappa shape index (κ1) is 15.7. The monoisotopic (exact) mass is 282 g/mol. The van der Waals surface area contributed by atoms with E-state index < -0.39 is 0 Å². The first-order valence-electron chi connectivity index (χ1n) is 6.44. The van der Waals surface area contributed by atoms with Gasteiger partial charge < -0.3 is 10.2 Å². The molecular weight excluding hydrogens is 260 g/mol. The van der Waals surface area contributed by atoms with Crippen molar-refractivity contribution in [2.45, 2.75) is 33.2 Å². The van der Waals surface area contributed by atoms with Gasteiger partial charge in [-0.3, -0.25) is 9.59 Å². The van der Waals surface area contributed by atoms with Crippen molar-refractivity contribution < 1.29 is 9.59 Å². The van der Waals surface area contributed by atoms with Gasteiger partial charge in [0.25, 0.3) is 0 Å². The molecule has 2 amide bonds. The number of rotatable bonds is 6. The van der Waals surface area contributed by atoms with Gasteiger partial charge in [0, 0.05) is 18.8 Å². The van der Waals surface area contributed by atoms with E-state index in [9.17, 15) is 9.59 Å². The van der Waals surface area contributed by atoms with Gasteiger partial charge in [-0.25, -0.2) is 0 Å². The summed E-state index contributed by atoms with van der Waals surface area (Å²) in [4.78, 5) is 25.6. The Kier molecular flexibility index (Phi) is 6.02. The summed E-state index contributed by atoms with van der Waals surface area (Å²) in [5.41, 5.74) is 0. The van der Waals surface area contributed by atoms with Gasteiger partial charge in [-0.15, -0.1) is 11.3 Å². The van der Waals surface area contributed by atoms with Crippen LogP contribution in [0.1, 0.15) is 38.1 Å². The molecule has 0 aliphatic carbocycles. The van der Waals surface area contributed by atoms with E-state index >= 15 is 0 Å². The van der Waals surface area contributed by atoms with Crippen molar-refractivity contribution in [3.05, 3.63) is 22.4 Å². The fourth-order valence-corrected chi connectivity index (χ4v) is 2.56. The molecule has 0 saturated heterocycles. The lowest BCUT2D eigenvalue weighted by Crippen LogP contribution is -2.39. The van der Waals surface area contributed by atoms with Gasteiger partial charge in [-0.2, -0.15) is 0 Å². The molecule has 0 fully saturated rings. The summed E-state index contributed by atoms with van der Waals surface area (Å²) in [6.45, 7) is 5.83. The number of hydrogen-bond acceptors (Lipinski definition) is 3. The summed E-state index contributed by atoms with van der Waals surface area (Å²) in [7, 11) is 1.63. The van der Waals surface area contributed by atoms with Crippen molar-refractivity contribution in [3.8, 4) is 0 Å². The van der Waals surface area contributed by atoms with Gasteiger partial charge in [-0.1, -0.05) is 19.9 Å². The smallest absolute Gasteiger partial charge is 0.240 e. The van der Waals surface area contributed by atoms with E-state index in [4.69, 9.17) is 0 Å². The highest BCUT2D eigenvalue weighted by Gasteiger charge is 2.18. The van der Waals surface area contributed by atoms with Gasteiger partial charge >= 0.3 is 0 Å². The number of nitrogens with zero attached hydrogens (tertiary/aromatic N) is 1. The van der Waals surface area contributed by atoms with Crippen LogP contribution in [0.4, 0.5) is 0 Å². The Balaban J connectivity index is 2.62. The third-order valence-electron chi connectivity index (χ3n) is 2.85. The molecule has 0 aliphatic rings. The molecule has 1 rings (SSSR count). The Labute approximate surface area is 118 Å². The van der Waals surface area contributed by atoms with Gasteiger partial charge in [0.05, 0.1) is 12.6 Å². The maximum Gasteiger partial charge on any atom is 0.240 e. The van der Waals surface area contributed by atoms with E-state index in [0.29, 0.717) is 5.92 Å². The van der Waals surface area contributed by atoms with Crippen LogP contribution < -0.4 is 5.32 Å². The van der Waals surface area contributed by atoms with Gasteiger partial charge in [0.1, 0.15) is 0 Å². The van der Waals surface area contributed by atoms with E-state index in [1.165, 1.54) is 11.8 Å². The van der Waals surface area contributed by atoms with Crippen LogP contribution in [0, 0.1) is 5.92 Å². The average Bonchev–Trinajstić information content (AvgIpc) is 2.80. The number of nitrogens with one attached hydrogen (secondary N) is 1. The second-order valence-corrected chi connectivity index (χ2v) is 6.12. The minimum Gasteiger partial charge on any atom is -0.347 e. The largest absolute Gasteiger partial charge is 0.347 e. The molecule has 19 heavy (non-hydrogen) atoms. The molecule has 4 nitrogen and oxygen atoms in total. The van der Waals surface area contributed by atoms with Crippen molar-refractivity contribution in [1.29, 1.82) is 0 Å². The number of carbonyl (C=O) groups is 2. The standard InChI is InChI=1S/C14H22N2O2S/c1-10(2)8-12(13-6-5-7-19-13)15-14(18)9-16(4)11(3)17/h5-7,10,12H,8-9H2,1-4H3,(H,15,18)/t12-/m0/s1. The summed E-state index contributed by atoms with van der Waals surface area (Å²) in [5.74, 6) is 0.279. The molecule has 0 aliphatic heterocycles. The second kappa shape index (κ2) is 7.28. The zero-order chi connectivity index (χ0) is 14.4. The van der Waals surface area contributed by atoms with Crippen LogP contribution in [0.15, 0.2) is 17.5 Å². The zero-order valence-corrected chi connectivity index (χ0v) is 12.8. The van der Waals surface area contributed by atoms with Crippen LogP contribution in [0.5, 0.6) is 0 Å². The predicted octanol–water partition coefficient (Wildman–Crippen LogP) is 2.43. The number of hydrogen-bond donors (Lipinski definition) is 1. The van der Waals surface area contributed by atoms with E-state index in [1.807, 2.05) is 17.5 Å². The highest BCUT2D eigenvalue weighted by atomic mass is 32.1. The lowest BCUT2D eigenvalue weighted by molar-refractivity contribution is -0.133. The molecule has 0 unspecified atom stereocenters. The zero-order valence-electron chi connectivity index (χ0n) is 12.0. The van der Waals surface area contributed by atoms with Crippen molar-refractivity contribution in [2.75, 3.05) is 13.6 Å². The SMILES string of the molecule is CC(=O)N(C)CC(=O)N[C@@H](CC(C)C)c1cccs1. The maximum absolute atomic E-state index is 11.9. The minimum atomic E-state index is -0.114.